The van der Waals surface area contributed by atoms with Crippen molar-refractivity contribution in [3.05, 3.63) is 11.9 Å². The van der Waals surface area contributed by atoms with Crippen molar-refractivity contribution in [2.75, 3.05) is 6.61 Å². The molecule has 0 radical (unpaired) electrons. The third kappa shape index (κ3) is 2.50. The molecule has 0 spiro atoms. The van der Waals surface area contributed by atoms with Gasteiger partial charge in [-0.1, -0.05) is 5.21 Å². The summed E-state index contributed by atoms with van der Waals surface area (Å²) in [6.45, 7) is 4.13. The SMILES string of the molecule is CC(C)n1cc(C(N)CCO)nn1. The van der Waals surface area contributed by atoms with E-state index in [9.17, 15) is 0 Å². The first-order chi connectivity index (χ1) is 6.15. The number of nitrogens with two attached hydrogens (primary N) is 1. The molecule has 0 saturated heterocycles. The van der Waals surface area contributed by atoms with Crippen molar-refractivity contribution in [3.63, 3.8) is 0 Å². The van der Waals surface area contributed by atoms with Crippen LogP contribution in [0.4, 0.5) is 0 Å². The van der Waals surface area contributed by atoms with Gasteiger partial charge in [-0.25, -0.2) is 4.68 Å². The Kier molecular flexibility index (Phi) is 3.39. The van der Waals surface area contributed by atoms with E-state index in [0.29, 0.717) is 12.5 Å². The molecule has 1 heterocycles. The van der Waals surface area contributed by atoms with Crippen LogP contribution in [0.15, 0.2) is 6.20 Å². The van der Waals surface area contributed by atoms with Gasteiger partial charge in [0.05, 0.1) is 17.9 Å². The smallest absolute Gasteiger partial charge is 0.0995 e. The maximum absolute atomic E-state index is 8.68. The molecule has 3 N–H and O–H groups in total. The number of nitrogens with zero attached hydrogens (tertiary/aromatic N) is 3. The summed E-state index contributed by atoms with van der Waals surface area (Å²) < 4.78 is 1.76. The Morgan fingerprint density at radius 3 is 2.77 bits per heavy atom. The second-order valence-electron chi connectivity index (χ2n) is 3.34. The maximum Gasteiger partial charge on any atom is 0.0995 e. The lowest BCUT2D eigenvalue weighted by Crippen LogP contribution is -2.12. The molecule has 1 atom stereocenters. The highest BCUT2D eigenvalue weighted by atomic mass is 16.3. The Hall–Kier alpha value is -0.940. The summed E-state index contributed by atoms with van der Waals surface area (Å²) in [7, 11) is 0. The van der Waals surface area contributed by atoms with E-state index in [1.54, 1.807) is 4.68 Å². The standard InChI is InChI=1S/C8H16N4O/c1-6(2)12-5-8(10-11-12)7(9)3-4-13/h5-7,13H,3-4,9H2,1-2H3. The monoisotopic (exact) mass is 184 g/mol. The first-order valence-electron chi connectivity index (χ1n) is 4.43. The average Bonchev–Trinajstić information content (AvgIpc) is 2.52. The van der Waals surface area contributed by atoms with Crippen LogP contribution in [0.25, 0.3) is 0 Å². The number of hydrogen-bond donors (Lipinski definition) is 2. The topological polar surface area (TPSA) is 77.0 Å². The van der Waals surface area contributed by atoms with Crippen molar-refractivity contribution in [2.45, 2.75) is 32.4 Å². The second-order valence-corrected chi connectivity index (χ2v) is 3.34. The van der Waals surface area contributed by atoms with Crippen LogP contribution in [0.2, 0.25) is 0 Å². The van der Waals surface area contributed by atoms with Crippen molar-refractivity contribution in [2.24, 2.45) is 5.73 Å². The highest BCUT2D eigenvalue weighted by Crippen LogP contribution is 2.11. The molecule has 5 heteroatoms. The number of hydrogen-bond acceptors (Lipinski definition) is 4. The minimum absolute atomic E-state index is 0.0791. The van der Waals surface area contributed by atoms with Gasteiger partial charge in [0.2, 0.25) is 0 Å². The van der Waals surface area contributed by atoms with Crippen LogP contribution >= 0.6 is 0 Å². The van der Waals surface area contributed by atoms with E-state index in [2.05, 4.69) is 10.3 Å². The van der Waals surface area contributed by atoms with Crippen molar-refractivity contribution in [1.29, 1.82) is 0 Å². The van der Waals surface area contributed by atoms with Gasteiger partial charge in [-0.2, -0.15) is 0 Å². The molecule has 0 fully saturated rings. The molecular weight excluding hydrogens is 168 g/mol. The lowest BCUT2D eigenvalue weighted by molar-refractivity contribution is 0.275. The summed E-state index contributed by atoms with van der Waals surface area (Å²) in [5.74, 6) is 0. The van der Waals surface area contributed by atoms with Gasteiger partial charge in [-0.05, 0) is 20.3 Å². The first-order valence-corrected chi connectivity index (χ1v) is 4.43. The van der Waals surface area contributed by atoms with E-state index in [1.807, 2.05) is 20.0 Å². The Morgan fingerprint density at radius 2 is 2.31 bits per heavy atom. The van der Waals surface area contributed by atoms with Crippen LogP contribution in [-0.4, -0.2) is 26.7 Å². The fourth-order valence-electron chi connectivity index (χ4n) is 1.000. The van der Waals surface area contributed by atoms with Gasteiger partial charge in [0.1, 0.15) is 0 Å². The van der Waals surface area contributed by atoms with Gasteiger partial charge in [0.25, 0.3) is 0 Å². The summed E-state index contributed by atoms with van der Waals surface area (Å²) in [5, 5.41) is 16.5. The Balaban J connectivity index is 2.67. The number of aliphatic hydroxyl groups is 1. The average molecular weight is 184 g/mol. The van der Waals surface area contributed by atoms with E-state index in [0.717, 1.165) is 5.69 Å². The normalized spacial score (nSPS) is 13.6. The molecule has 5 nitrogen and oxygen atoms in total. The van der Waals surface area contributed by atoms with E-state index in [-0.39, 0.29) is 12.6 Å². The predicted octanol–water partition coefficient (Wildman–Crippen LogP) is 0.241. The predicted molar refractivity (Wildman–Crippen MR) is 49.0 cm³/mol. The zero-order valence-corrected chi connectivity index (χ0v) is 8.01. The number of aliphatic hydroxyl groups excluding tert-OH is 1. The van der Waals surface area contributed by atoms with Crippen molar-refractivity contribution in [3.8, 4) is 0 Å². The first kappa shape index (κ1) is 10.1. The molecule has 0 aliphatic rings. The summed E-state index contributed by atoms with van der Waals surface area (Å²) in [6.07, 6.45) is 2.35. The third-order valence-corrected chi connectivity index (χ3v) is 1.88. The number of aromatic nitrogens is 3. The molecule has 74 valence electrons. The molecular formula is C8H16N4O. The van der Waals surface area contributed by atoms with E-state index in [4.69, 9.17) is 10.8 Å². The highest BCUT2D eigenvalue weighted by Gasteiger charge is 2.10. The van der Waals surface area contributed by atoms with E-state index >= 15 is 0 Å². The summed E-state index contributed by atoms with van der Waals surface area (Å²) in [4.78, 5) is 0. The molecule has 13 heavy (non-hydrogen) atoms. The van der Waals surface area contributed by atoms with Gasteiger partial charge in [-0.3, -0.25) is 0 Å². The number of rotatable bonds is 4. The quantitative estimate of drug-likeness (QED) is 0.702. The molecule has 1 rings (SSSR count). The zero-order chi connectivity index (χ0) is 9.84. The fourth-order valence-corrected chi connectivity index (χ4v) is 1.000. The Morgan fingerprint density at radius 1 is 1.62 bits per heavy atom. The van der Waals surface area contributed by atoms with Crippen LogP contribution in [0.1, 0.15) is 38.0 Å². The van der Waals surface area contributed by atoms with Gasteiger partial charge in [0, 0.05) is 12.6 Å². The zero-order valence-electron chi connectivity index (χ0n) is 8.01. The van der Waals surface area contributed by atoms with Crippen molar-refractivity contribution < 1.29 is 5.11 Å². The van der Waals surface area contributed by atoms with E-state index in [1.165, 1.54) is 0 Å². The molecule has 1 unspecified atom stereocenters. The summed E-state index contributed by atoms with van der Waals surface area (Å²) >= 11 is 0. The van der Waals surface area contributed by atoms with Gasteiger partial charge < -0.3 is 10.8 Å². The van der Waals surface area contributed by atoms with Crippen LogP contribution in [-0.2, 0) is 0 Å². The van der Waals surface area contributed by atoms with Gasteiger partial charge in [0.15, 0.2) is 0 Å². The highest BCUT2D eigenvalue weighted by molar-refractivity contribution is 4.99. The van der Waals surface area contributed by atoms with Crippen LogP contribution in [0.3, 0.4) is 0 Å². The fraction of sp³-hybridized carbons (Fsp3) is 0.750. The van der Waals surface area contributed by atoms with Gasteiger partial charge in [-0.15, -0.1) is 5.10 Å². The molecule has 0 aromatic carbocycles. The molecule has 0 aliphatic carbocycles. The molecule has 0 aliphatic heterocycles. The van der Waals surface area contributed by atoms with Crippen LogP contribution in [0, 0.1) is 0 Å². The van der Waals surface area contributed by atoms with Crippen LogP contribution < -0.4 is 5.73 Å². The van der Waals surface area contributed by atoms with Crippen LogP contribution in [0.5, 0.6) is 0 Å². The molecule has 1 aromatic rings. The minimum Gasteiger partial charge on any atom is -0.396 e. The lowest BCUT2D eigenvalue weighted by Gasteiger charge is -2.04. The molecule has 0 bridgehead atoms. The van der Waals surface area contributed by atoms with Crippen molar-refractivity contribution in [1.82, 2.24) is 15.0 Å². The lowest BCUT2D eigenvalue weighted by atomic mass is 10.2. The third-order valence-electron chi connectivity index (χ3n) is 1.88. The Bertz CT molecular complexity index is 258. The molecule has 0 saturated carbocycles. The van der Waals surface area contributed by atoms with Crippen molar-refractivity contribution >= 4 is 0 Å². The summed E-state index contributed by atoms with van der Waals surface area (Å²) in [5.41, 5.74) is 6.48. The summed E-state index contributed by atoms with van der Waals surface area (Å²) in [6, 6.07) is 0.0834. The second kappa shape index (κ2) is 4.34. The minimum atomic E-state index is -0.211. The molecule has 0 amide bonds. The van der Waals surface area contributed by atoms with E-state index < -0.39 is 0 Å². The molecule has 1 aromatic heterocycles. The largest absolute Gasteiger partial charge is 0.396 e. The maximum atomic E-state index is 8.68. The Labute approximate surface area is 77.6 Å². The van der Waals surface area contributed by atoms with Gasteiger partial charge >= 0.3 is 0 Å².